The molecule has 0 saturated heterocycles. The summed E-state index contributed by atoms with van der Waals surface area (Å²) in [5.74, 6) is -1.12. The maximum Gasteiger partial charge on any atom is 0.408 e. The Labute approximate surface area is 278 Å². The SMILES string of the molecule is CC(C)(C)OC(=O)N[C@@H](Cc1ccccc1)C(=O)N=S(C)(Cc1ccccc1)=NC(=O)[C@H](Cc1ccccc1)NC(=O)OC(C)(C)C. The van der Waals surface area contributed by atoms with Crippen LogP contribution < -0.4 is 10.6 Å². The third-order valence-electron chi connectivity index (χ3n) is 6.40. The third kappa shape index (κ3) is 13.8. The molecular weight excluding hydrogens is 616 g/mol. The fourth-order valence-electron chi connectivity index (χ4n) is 4.49. The minimum Gasteiger partial charge on any atom is -0.444 e. The van der Waals surface area contributed by atoms with Gasteiger partial charge in [-0.15, -0.1) is 0 Å². The van der Waals surface area contributed by atoms with Gasteiger partial charge in [-0.05, 0) is 67.9 Å². The summed E-state index contributed by atoms with van der Waals surface area (Å²) in [6.45, 7) is 10.4. The van der Waals surface area contributed by atoms with Crippen LogP contribution in [0.3, 0.4) is 0 Å². The number of amides is 4. The zero-order valence-electron chi connectivity index (χ0n) is 28.2. The fourth-order valence-corrected chi connectivity index (χ4v) is 6.51. The van der Waals surface area contributed by atoms with E-state index in [-0.39, 0.29) is 18.6 Å². The van der Waals surface area contributed by atoms with E-state index in [1.54, 1.807) is 47.8 Å². The van der Waals surface area contributed by atoms with Crippen LogP contribution in [0, 0.1) is 0 Å². The van der Waals surface area contributed by atoms with E-state index in [2.05, 4.69) is 19.4 Å². The monoisotopic (exact) mass is 662 g/mol. The highest BCUT2D eigenvalue weighted by atomic mass is 32.2. The molecule has 0 saturated carbocycles. The van der Waals surface area contributed by atoms with Crippen molar-refractivity contribution in [2.24, 2.45) is 8.73 Å². The number of carbonyl (C=O) groups is 4. The van der Waals surface area contributed by atoms with Crippen LogP contribution in [0.15, 0.2) is 99.7 Å². The van der Waals surface area contributed by atoms with Gasteiger partial charge in [0.05, 0.1) is 0 Å². The van der Waals surface area contributed by atoms with Gasteiger partial charge in [0.25, 0.3) is 11.8 Å². The molecule has 0 fully saturated rings. The first-order valence-electron chi connectivity index (χ1n) is 15.4. The van der Waals surface area contributed by atoms with E-state index in [1.807, 2.05) is 91.0 Å². The second-order valence-electron chi connectivity index (χ2n) is 13.3. The fraction of sp³-hybridized carbons (Fsp3) is 0.389. The van der Waals surface area contributed by atoms with Crippen LogP contribution in [0.2, 0.25) is 0 Å². The molecule has 47 heavy (non-hydrogen) atoms. The van der Waals surface area contributed by atoms with Crippen LogP contribution in [0.4, 0.5) is 9.59 Å². The Balaban J connectivity index is 2.07. The molecule has 0 aliphatic rings. The van der Waals surface area contributed by atoms with E-state index >= 15 is 0 Å². The number of alkyl carbamates (subject to hydrolysis) is 2. The maximum absolute atomic E-state index is 14.0. The summed E-state index contributed by atoms with van der Waals surface area (Å²) in [6.07, 6.45) is 0.427. The van der Waals surface area contributed by atoms with Crippen molar-refractivity contribution in [3.8, 4) is 0 Å². The largest absolute Gasteiger partial charge is 0.444 e. The molecule has 2 N–H and O–H groups in total. The lowest BCUT2D eigenvalue weighted by Gasteiger charge is -2.23. The Morgan fingerprint density at radius 2 is 0.915 bits per heavy atom. The molecule has 0 aliphatic heterocycles. The van der Waals surface area contributed by atoms with E-state index in [0.717, 1.165) is 16.7 Å². The number of ether oxygens (including phenoxy) is 2. The minimum absolute atomic E-state index is 0.147. The molecule has 2 atom stereocenters. The number of nitrogens with one attached hydrogen (secondary N) is 2. The van der Waals surface area contributed by atoms with Crippen LogP contribution >= 0.6 is 0 Å². The van der Waals surface area contributed by atoms with Gasteiger partial charge in [-0.25, -0.2) is 9.59 Å². The number of rotatable bonds is 10. The number of carbonyl (C=O) groups excluding carboxylic acids is 4. The molecule has 0 bridgehead atoms. The van der Waals surface area contributed by atoms with Gasteiger partial charge >= 0.3 is 12.2 Å². The van der Waals surface area contributed by atoms with Crippen molar-refractivity contribution in [2.75, 3.05) is 6.26 Å². The summed E-state index contributed by atoms with van der Waals surface area (Å²) in [4.78, 5) is 53.5. The van der Waals surface area contributed by atoms with E-state index in [0.29, 0.717) is 0 Å². The Morgan fingerprint density at radius 1 is 0.596 bits per heavy atom. The highest BCUT2D eigenvalue weighted by Gasteiger charge is 2.28. The topological polar surface area (TPSA) is 136 Å². The molecule has 0 unspecified atom stereocenters. The molecule has 252 valence electrons. The van der Waals surface area contributed by atoms with Crippen molar-refractivity contribution in [1.29, 1.82) is 0 Å². The van der Waals surface area contributed by atoms with Crippen LogP contribution in [-0.4, -0.2) is 53.5 Å². The lowest BCUT2D eigenvalue weighted by atomic mass is 10.1. The summed E-state index contributed by atoms with van der Waals surface area (Å²) in [6, 6.07) is 25.6. The van der Waals surface area contributed by atoms with Gasteiger partial charge in [-0.3, -0.25) is 9.59 Å². The van der Waals surface area contributed by atoms with Crippen molar-refractivity contribution < 1.29 is 28.7 Å². The molecular formula is C36H46N4O6S. The molecule has 10 nitrogen and oxygen atoms in total. The number of nitrogens with zero attached hydrogens (tertiary/aromatic N) is 2. The highest BCUT2D eigenvalue weighted by Crippen LogP contribution is 2.16. The van der Waals surface area contributed by atoms with Crippen LogP contribution in [-0.2, 0) is 47.3 Å². The van der Waals surface area contributed by atoms with E-state index in [4.69, 9.17) is 9.47 Å². The van der Waals surface area contributed by atoms with Crippen LogP contribution in [0.1, 0.15) is 58.2 Å². The van der Waals surface area contributed by atoms with Gasteiger partial charge in [0.2, 0.25) is 0 Å². The van der Waals surface area contributed by atoms with Gasteiger partial charge in [-0.2, -0.15) is 8.73 Å². The predicted molar refractivity (Wildman–Crippen MR) is 185 cm³/mol. The first-order valence-corrected chi connectivity index (χ1v) is 17.5. The first-order chi connectivity index (χ1) is 22.0. The van der Waals surface area contributed by atoms with Crippen LogP contribution in [0.5, 0.6) is 0 Å². The lowest BCUT2D eigenvalue weighted by molar-refractivity contribution is -0.120. The second kappa shape index (κ2) is 16.4. The van der Waals surface area contributed by atoms with Crippen molar-refractivity contribution in [2.45, 2.75) is 83.4 Å². The van der Waals surface area contributed by atoms with Crippen molar-refractivity contribution in [3.05, 3.63) is 108 Å². The quantitative estimate of drug-likeness (QED) is 0.249. The Bertz CT molecular complexity index is 1540. The second-order valence-corrected chi connectivity index (χ2v) is 15.9. The third-order valence-corrected chi connectivity index (χ3v) is 8.43. The summed E-state index contributed by atoms with van der Waals surface area (Å²) >= 11 is 0. The minimum atomic E-state index is -2.74. The van der Waals surface area contributed by atoms with Gasteiger partial charge in [0, 0.05) is 24.9 Å². The van der Waals surface area contributed by atoms with E-state index in [9.17, 15) is 19.2 Å². The molecule has 3 aromatic carbocycles. The molecule has 0 radical (unpaired) electrons. The molecule has 11 heteroatoms. The van der Waals surface area contributed by atoms with Gasteiger partial charge in [0.1, 0.15) is 23.3 Å². The van der Waals surface area contributed by atoms with Gasteiger partial charge < -0.3 is 20.1 Å². The first kappa shape index (κ1) is 37.0. The zero-order chi connectivity index (χ0) is 34.7. The zero-order valence-corrected chi connectivity index (χ0v) is 29.0. The van der Waals surface area contributed by atoms with Crippen molar-refractivity contribution in [1.82, 2.24) is 10.6 Å². The molecule has 3 aromatic rings. The van der Waals surface area contributed by atoms with Gasteiger partial charge in [0.15, 0.2) is 0 Å². The highest BCUT2D eigenvalue weighted by molar-refractivity contribution is 7.94. The average molecular weight is 663 g/mol. The summed E-state index contributed by atoms with van der Waals surface area (Å²) < 4.78 is 20.0. The Hall–Kier alpha value is -4.51. The predicted octanol–water partition coefficient (Wildman–Crippen LogP) is 6.66. The van der Waals surface area contributed by atoms with Crippen LogP contribution in [0.25, 0.3) is 0 Å². The number of hydrogen-bond acceptors (Lipinski definition) is 6. The average Bonchev–Trinajstić information content (AvgIpc) is 2.96. The molecule has 0 aliphatic carbocycles. The summed E-state index contributed by atoms with van der Waals surface area (Å²) in [5.41, 5.74) is 0.845. The molecule has 0 heterocycles. The smallest absolute Gasteiger partial charge is 0.408 e. The van der Waals surface area contributed by atoms with Crippen molar-refractivity contribution in [3.63, 3.8) is 0 Å². The van der Waals surface area contributed by atoms with E-state index < -0.39 is 56.9 Å². The Kier molecular flexibility index (Phi) is 12.9. The number of hydrogen-bond donors (Lipinski definition) is 2. The molecule has 3 rings (SSSR count). The Morgan fingerprint density at radius 3 is 1.23 bits per heavy atom. The molecule has 0 aromatic heterocycles. The maximum atomic E-state index is 14.0. The summed E-state index contributed by atoms with van der Waals surface area (Å²) in [5, 5.41) is 5.35. The molecule has 0 spiro atoms. The lowest BCUT2D eigenvalue weighted by Crippen LogP contribution is -2.45. The standard InChI is InChI=1S/C36H46N4O6S/c1-35(2,3)45-33(43)37-29(23-26-17-11-8-12-18-26)31(41)39-47(7,25-28-21-15-10-16-22-28)40-32(42)30(24-27-19-13-9-14-20-27)38-34(44)46-36(4,5)6/h8-22,29-30H,23-25H2,1-7H3,(H,37,43)(H,38,44)/t29-,30-/m0/s1. The number of benzene rings is 3. The van der Waals surface area contributed by atoms with Crippen molar-refractivity contribution >= 4 is 33.6 Å². The normalized spacial score (nSPS) is 13.0. The summed E-state index contributed by atoms with van der Waals surface area (Å²) in [7, 11) is -2.74. The van der Waals surface area contributed by atoms with Gasteiger partial charge in [-0.1, -0.05) is 91.0 Å². The molecule has 4 amide bonds. The van der Waals surface area contributed by atoms with E-state index in [1.165, 1.54) is 0 Å².